The second-order valence-corrected chi connectivity index (χ2v) is 8.93. The highest BCUT2D eigenvalue weighted by molar-refractivity contribution is 6.02. The van der Waals surface area contributed by atoms with Crippen LogP contribution in [0.15, 0.2) is 48.5 Å². The zero-order valence-corrected chi connectivity index (χ0v) is 17.0. The molecule has 0 radical (unpaired) electrons. The average molecular weight is 417 g/mol. The lowest BCUT2D eigenvalue weighted by Crippen LogP contribution is -2.49. The average Bonchev–Trinajstić information content (AvgIpc) is 2.73. The van der Waals surface area contributed by atoms with Gasteiger partial charge in [0.1, 0.15) is 0 Å². The molecule has 1 heterocycles. The van der Waals surface area contributed by atoms with E-state index in [0.29, 0.717) is 38.0 Å². The molecule has 1 saturated heterocycles. The van der Waals surface area contributed by atoms with Crippen molar-refractivity contribution in [2.24, 2.45) is 5.41 Å². The molecule has 1 unspecified atom stereocenters. The fourth-order valence-corrected chi connectivity index (χ4v) is 4.81. The van der Waals surface area contributed by atoms with E-state index in [2.05, 4.69) is 4.90 Å². The molecule has 0 spiro atoms. The number of carbonyl (C=O) groups excluding carboxylic acids is 1. The van der Waals surface area contributed by atoms with Crippen molar-refractivity contribution in [1.82, 2.24) is 4.90 Å². The van der Waals surface area contributed by atoms with Crippen LogP contribution in [-0.4, -0.2) is 35.4 Å². The summed E-state index contributed by atoms with van der Waals surface area (Å²) in [6.45, 7) is 3.67. The van der Waals surface area contributed by atoms with Gasteiger partial charge in [-0.05, 0) is 48.9 Å². The van der Waals surface area contributed by atoms with E-state index in [4.69, 9.17) is 0 Å². The van der Waals surface area contributed by atoms with Gasteiger partial charge in [-0.1, -0.05) is 43.3 Å². The molecule has 0 bridgehead atoms. The van der Waals surface area contributed by atoms with Crippen molar-refractivity contribution in [3.63, 3.8) is 0 Å². The third-order valence-corrected chi connectivity index (χ3v) is 6.74. The first-order valence-corrected chi connectivity index (χ1v) is 10.4. The zero-order valence-electron chi connectivity index (χ0n) is 17.0. The van der Waals surface area contributed by atoms with E-state index in [1.165, 1.54) is 6.07 Å². The van der Waals surface area contributed by atoms with Gasteiger partial charge in [-0.25, -0.2) is 0 Å². The smallest absolute Gasteiger partial charge is 0.385 e. The van der Waals surface area contributed by atoms with Gasteiger partial charge in [-0.15, -0.1) is 0 Å². The van der Waals surface area contributed by atoms with Gasteiger partial charge in [0.2, 0.25) is 0 Å². The Labute approximate surface area is 174 Å². The minimum Gasteiger partial charge on any atom is -0.385 e. The summed E-state index contributed by atoms with van der Waals surface area (Å²) in [5, 5.41) is 11.0. The van der Waals surface area contributed by atoms with Crippen LogP contribution >= 0.6 is 0 Å². The molecule has 160 valence electrons. The zero-order chi connectivity index (χ0) is 21.6. The number of hydrogen-bond acceptors (Lipinski definition) is 3. The topological polar surface area (TPSA) is 40.5 Å². The molecule has 0 amide bonds. The number of halogens is 3. The normalized spacial score (nSPS) is 24.5. The van der Waals surface area contributed by atoms with E-state index >= 15 is 0 Å². The molecule has 0 aromatic heterocycles. The highest BCUT2D eigenvalue weighted by Crippen LogP contribution is 2.40. The molecule has 6 heteroatoms. The number of ketones is 1. The Hall–Kier alpha value is -2.18. The molecule has 1 N–H and O–H groups in total. The van der Waals surface area contributed by atoms with Crippen LogP contribution in [0.3, 0.4) is 0 Å². The van der Waals surface area contributed by atoms with Gasteiger partial charge < -0.3 is 10.0 Å². The number of piperidine rings is 1. The maximum absolute atomic E-state index is 13.1. The molecule has 3 nitrogen and oxygen atoms in total. The van der Waals surface area contributed by atoms with E-state index in [0.717, 1.165) is 36.1 Å². The third kappa shape index (κ3) is 3.91. The van der Waals surface area contributed by atoms with Crippen molar-refractivity contribution >= 4 is 5.78 Å². The lowest BCUT2D eigenvalue weighted by molar-refractivity contribution is -0.137. The molecule has 2 aliphatic rings. The number of aryl methyl sites for hydroxylation is 1. The van der Waals surface area contributed by atoms with Gasteiger partial charge in [-0.2, -0.15) is 13.2 Å². The lowest BCUT2D eigenvalue weighted by Gasteiger charge is -2.43. The molecule has 1 aliphatic heterocycles. The van der Waals surface area contributed by atoms with Crippen LogP contribution in [0.1, 0.15) is 53.2 Å². The molecular formula is C24H26F3NO2. The van der Waals surface area contributed by atoms with Crippen molar-refractivity contribution < 1.29 is 23.1 Å². The lowest BCUT2D eigenvalue weighted by atomic mass is 9.71. The Kier molecular flexibility index (Phi) is 5.27. The first-order valence-electron chi connectivity index (χ1n) is 10.4. The molecular weight excluding hydrogens is 391 g/mol. The van der Waals surface area contributed by atoms with Gasteiger partial charge >= 0.3 is 6.18 Å². The number of carbonyl (C=O) groups is 1. The number of Topliss-reactive ketones (excluding diaryl/α,β-unsaturated/α-hetero) is 1. The minimum atomic E-state index is -4.43. The van der Waals surface area contributed by atoms with Gasteiger partial charge in [0.25, 0.3) is 0 Å². The number of rotatable bonds is 3. The quantitative estimate of drug-likeness (QED) is 0.778. The van der Waals surface area contributed by atoms with Crippen molar-refractivity contribution in [2.45, 2.75) is 44.4 Å². The molecule has 2 aromatic rings. The molecule has 1 aliphatic carbocycles. The minimum absolute atomic E-state index is 0.156. The predicted octanol–water partition coefficient (Wildman–Crippen LogP) is 4.82. The van der Waals surface area contributed by atoms with Crippen LogP contribution in [0.2, 0.25) is 0 Å². The summed E-state index contributed by atoms with van der Waals surface area (Å²) in [4.78, 5) is 15.3. The summed E-state index contributed by atoms with van der Waals surface area (Å²) in [6.07, 6.45) is -2.11. The molecule has 4 rings (SSSR count). The van der Waals surface area contributed by atoms with Crippen molar-refractivity contribution in [2.75, 3.05) is 19.6 Å². The molecule has 0 saturated carbocycles. The summed E-state index contributed by atoms with van der Waals surface area (Å²) in [6, 6.07) is 12.7. The largest absolute Gasteiger partial charge is 0.416 e. The fraction of sp³-hybridized carbons (Fsp3) is 0.458. The highest BCUT2D eigenvalue weighted by atomic mass is 19.4. The van der Waals surface area contributed by atoms with Crippen LogP contribution in [-0.2, 0) is 18.2 Å². The summed E-state index contributed by atoms with van der Waals surface area (Å²) in [7, 11) is 0. The van der Waals surface area contributed by atoms with Crippen molar-refractivity contribution in [3.8, 4) is 0 Å². The second-order valence-electron chi connectivity index (χ2n) is 8.93. The van der Waals surface area contributed by atoms with Gasteiger partial charge in [-0.3, -0.25) is 4.79 Å². The monoisotopic (exact) mass is 417 g/mol. The summed E-state index contributed by atoms with van der Waals surface area (Å²) in [5.74, 6) is 0.156. The number of likely N-dealkylation sites (tertiary alicyclic amines) is 1. The Morgan fingerprint density at radius 1 is 1.03 bits per heavy atom. The van der Waals surface area contributed by atoms with E-state index in [-0.39, 0.29) is 5.78 Å². The van der Waals surface area contributed by atoms with Crippen LogP contribution < -0.4 is 0 Å². The Balaban J connectivity index is 1.45. The number of aliphatic hydroxyl groups is 1. The van der Waals surface area contributed by atoms with Crippen molar-refractivity contribution in [1.29, 1.82) is 0 Å². The maximum atomic E-state index is 13.1. The number of alkyl halides is 3. The number of benzene rings is 2. The standard InChI is InChI=1S/C24H26F3NO2/c1-22(10-9-17-5-2-3-8-20(17)21(22)29)16-28-13-11-23(30,12-14-28)18-6-4-7-19(15-18)24(25,26)27/h2-8,15,30H,9-14,16H2,1H3. The maximum Gasteiger partial charge on any atom is 0.416 e. The van der Waals surface area contributed by atoms with E-state index in [1.54, 1.807) is 6.07 Å². The van der Waals surface area contributed by atoms with Gasteiger partial charge in [0.05, 0.1) is 11.2 Å². The predicted molar refractivity (Wildman–Crippen MR) is 108 cm³/mol. The SMILES string of the molecule is CC1(CN2CCC(O)(c3cccc(C(F)(F)F)c3)CC2)CCc2ccccc2C1=O. The van der Waals surface area contributed by atoms with Crippen LogP contribution in [0, 0.1) is 5.41 Å². The molecule has 30 heavy (non-hydrogen) atoms. The third-order valence-electron chi connectivity index (χ3n) is 6.74. The molecule has 1 atom stereocenters. The number of hydrogen-bond donors (Lipinski definition) is 1. The van der Waals surface area contributed by atoms with Crippen LogP contribution in [0.25, 0.3) is 0 Å². The van der Waals surface area contributed by atoms with Crippen LogP contribution in [0.4, 0.5) is 13.2 Å². The number of nitrogens with zero attached hydrogens (tertiary/aromatic N) is 1. The van der Waals surface area contributed by atoms with Crippen LogP contribution in [0.5, 0.6) is 0 Å². The van der Waals surface area contributed by atoms with Gasteiger partial charge in [0, 0.05) is 30.6 Å². The van der Waals surface area contributed by atoms with Gasteiger partial charge in [0.15, 0.2) is 5.78 Å². The number of fused-ring (bicyclic) bond motifs is 1. The molecule has 1 fully saturated rings. The Morgan fingerprint density at radius 3 is 2.43 bits per heavy atom. The summed E-state index contributed by atoms with van der Waals surface area (Å²) in [5.41, 5.74) is -0.302. The second kappa shape index (κ2) is 7.50. The van der Waals surface area contributed by atoms with E-state index in [9.17, 15) is 23.1 Å². The van der Waals surface area contributed by atoms with E-state index < -0.39 is 22.8 Å². The highest BCUT2D eigenvalue weighted by Gasteiger charge is 2.42. The molecule has 2 aromatic carbocycles. The van der Waals surface area contributed by atoms with E-state index in [1.807, 2.05) is 31.2 Å². The first kappa shape index (κ1) is 21.1. The Morgan fingerprint density at radius 2 is 1.73 bits per heavy atom. The first-order chi connectivity index (χ1) is 14.1. The van der Waals surface area contributed by atoms with Crippen molar-refractivity contribution in [3.05, 3.63) is 70.8 Å². The Bertz CT molecular complexity index is 947. The summed E-state index contributed by atoms with van der Waals surface area (Å²) < 4.78 is 39.1. The fourth-order valence-electron chi connectivity index (χ4n) is 4.81. The summed E-state index contributed by atoms with van der Waals surface area (Å²) >= 11 is 0.